The second-order valence-corrected chi connectivity index (χ2v) is 3.14. The zero-order valence-electron chi connectivity index (χ0n) is 7.13. The predicted molar refractivity (Wildman–Crippen MR) is 42.1 cm³/mol. The Morgan fingerprint density at radius 1 is 1.60 bits per heavy atom. The molecule has 1 aliphatic heterocycles. The van der Waals surface area contributed by atoms with Crippen LogP contribution in [-0.4, -0.2) is 36.7 Å². The average molecular weight is 143 g/mol. The molecule has 1 atom stereocenters. The fraction of sp³-hybridized carbons (Fsp3) is 1.00. The van der Waals surface area contributed by atoms with E-state index in [1.807, 2.05) is 0 Å². The highest BCUT2D eigenvalue weighted by atomic mass is 16.6. The average Bonchev–Trinajstić information content (AvgIpc) is 2.64. The van der Waals surface area contributed by atoms with Crippen LogP contribution in [0.15, 0.2) is 0 Å². The van der Waals surface area contributed by atoms with Crippen LogP contribution in [0.4, 0.5) is 0 Å². The number of likely N-dealkylation sites (N-methyl/N-ethyl adjacent to an activating group) is 1. The molecule has 2 nitrogen and oxygen atoms in total. The van der Waals surface area contributed by atoms with Gasteiger partial charge in [0.2, 0.25) is 0 Å². The van der Waals surface area contributed by atoms with Crippen molar-refractivity contribution >= 4 is 0 Å². The number of rotatable bonds is 4. The molecule has 60 valence electrons. The molecular formula is C8H17NO. The first-order chi connectivity index (χ1) is 4.74. The van der Waals surface area contributed by atoms with E-state index in [2.05, 4.69) is 25.7 Å². The van der Waals surface area contributed by atoms with E-state index in [4.69, 9.17) is 4.74 Å². The first-order valence-corrected chi connectivity index (χ1v) is 4.09. The summed E-state index contributed by atoms with van der Waals surface area (Å²) in [5.74, 6) is 0. The highest BCUT2D eigenvalue weighted by Crippen LogP contribution is 2.12. The van der Waals surface area contributed by atoms with E-state index < -0.39 is 0 Å². The lowest BCUT2D eigenvalue weighted by atomic mass is 10.3. The van der Waals surface area contributed by atoms with Crippen molar-refractivity contribution < 1.29 is 4.74 Å². The van der Waals surface area contributed by atoms with Crippen molar-refractivity contribution in [1.29, 1.82) is 0 Å². The first-order valence-electron chi connectivity index (χ1n) is 4.09. The van der Waals surface area contributed by atoms with Gasteiger partial charge in [-0.05, 0) is 20.4 Å². The summed E-state index contributed by atoms with van der Waals surface area (Å²) in [6, 6.07) is 0.661. The summed E-state index contributed by atoms with van der Waals surface area (Å²) in [4.78, 5) is 2.43. The van der Waals surface area contributed by atoms with Crippen molar-refractivity contribution in [3.8, 4) is 0 Å². The van der Waals surface area contributed by atoms with Gasteiger partial charge in [0.15, 0.2) is 0 Å². The van der Waals surface area contributed by atoms with Crippen LogP contribution >= 0.6 is 0 Å². The van der Waals surface area contributed by atoms with E-state index in [0.29, 0.717) is 12.1 Å². The zero-order valence-corrected chi connectivity index (χ0v) is 7.13. The summed E-state index contributed by atoms with van der Waals surface area (Å²) in [5, 5.41) is 0. The Hall–Kier alpha value is -0.0800. The molecule has 0 aliphatic carbocycles. The molecule has 0 N–H and O–H groups in total. The third kappa shape index (κ3) is 2.27. The standard InChI is InChI=1S/C8H17NO/c1-4-9(7(2)3)5-8-6-10-8/h7-8H,4-6H2,1-3H3/t8-/m0/s1. The molecule has 1 rings (SSSR count). The van der Waals surface area contributed by atoms with Gasteiger partial charge >= 0.3 is 0 Å². The third-order valence-electron chi connectivity index (χ3n) is 1.98. The molecule has 1 aliphatic rings. The first kappa shape index (κ1) is 8.02. The van der Waals surface area contributed by atoms with E-state index in [1.54, 1.807) is 0 Å². The normalized spacial score (nSPS) is 24.3. The molecule has 0 saturated carbocycles. The largest absolute Gasteiger partial charge is 0.372 e. The Balaban J connectivity index is 2.17. The highest BCUT2D eigenvalue weighted by molar-refractivity contribution is 4.75. The smallest absolute Gasteiger partial charge is 0.0936 e. The maximum atomic E-state index is 5.15. The Morgan fingerprint density at radius 2 is 2.20 bits per heavy atom. The molecular weight excluding hydrogens is 126 g/mol. The highest BCUT2D eigenvalue weighted by Gasteiger charge is 2.25. The second kappa shape index (κ2) is 3.35. The van der Waals surface area contributed by atoms with Crippen LogP contribution in [0.3, 0.4) is 0 Å². The Labute approximate surface area is 63.2 Å². The van der Waals surface area contributed by atoms with Gasteiger partial charge in [-0.3, -0.25) is 4.90 Å². The minimum Gasteiger partial charge on any atom is -0.372 e. The number of hydrogen-bond donors (Lipinski definition) is 0. The lowest BCUT2D eigenvalue weighted by Gasteiger charge is -2.23. The molecule has 0 radical (unpaired) electrons. The Kier molecular flexibility index (Phi) is 2.69. The Morgan fingerprint density at radius 3 is 2.50 bits per heavy atom. The fourth-order valence-electron chi connectivity index (χ4n) is 1.14. The molecule has 0 aromatic heterocycles. The maximum Gasteiger partial charge on any atom is 0.0936 e. The molecule has 0 aromatic carbocycles. The van der Waals surface area contributed by atoms with E-state index in [0.717, 1.165) is 19.7 Å². The van der Waals surface area contributed by atoms with Gasteiger partial charge in [-0.25, -0.2) is 0 Å². The third-order valence-corrected chi connectivity index (χ3v) is 1.98. The minimum atomic E-state index is 0.544. The van der Waals surface area contributed by atoms with Crippen LogP contribution in [0, 0.1) is 0 Å². The van der Waals surface area contributed by atoms with Gasteiger partial charge in [-0.1, -0.05) is 6.92 Å². The number of nitrogens with zero attached hydrogens (tertiary/aromatic N) is 1. The van der Waals surface area contributed by atoms with Gasteiger partial charge in [-0.15, -0.1) is 0 Å². The summed E-state index contributed by atoms with van der Waals surface area (Å²) in [6.45, 7) is 9.88. The van der Waals surface area contributed by atoms with E-state index in [9.17, 15) is 0 Å². The monoisotopic (exact) mass is 143 g/mol. The summed E-state index contributed by atoms with van der Waals surface area (Å²) in [7, 11) is 0. The van der Waals surface area contributed by atoms with E-state index in [1.165, 1.54) is 0 Å². The Bertz CT molecular complexity index is 99.4. The zero-order chi connectivity index (χ0) is 7.56. The predicted octanol–water partition coefficient (Wildman–Crippen LogP) is 1.12. The van der Waals surface area contributed by atoms with Crippen LogP contribution < -0.4 is 0 Å². The SMILES string of the molecule is CCN(C[C@H]1CO1)C(C)C. The number of hydrogen-bond acceptors (Lipinski definition) is 2. The lowest BCUT2D eigenvalue weighted by molar-refractivity contribution is 0.209. The lowest BCUT2D eigenvalue weighted by Crippen LogP contribution is -2.33. The molecule has 2 heteroatoms. The van der Waals surface area contributed by atoms with Crippen LogP contribution in [0.25, 0.3) is 0 Å². The van der Waals surface area contributed by atoms with E-state index >= 15 is 0 Å². The fourth-order valence-corrected chi connectivity index (χ4v) is 1.14. The topological polar surface area (TPSA) is 15.8 Å². The molecule has 0 unspecified atom stereocenters. The summed E-state index contributed by atoms with van der Waals surface area (Å²) in [6.07, 6.45) is 0.544. The van der Waals surface area contributed by atoms with Crippen molar-refractivity contribution in [2.75, 3.05) is 19.7 Å². The van der Waals surface area contributed by atoms with E-state index in [-0.39, 0.29) is 0 Å². The molecule has 1 fully saturated rings. The molecule has 1 heterocycles. The van der Waals surface area contributed by atoms with Gasteiger partial charge < -0.3 is 4.74 Å². The van der Waals surface area contributed by atoms with Crippen molar-refractivity contribution in [2.24, 2.45) is 0 Å². The summed E-state index contributed by atoms with van der Waals surface area (Å²) < 4.78 is 5.15. The molecule has 0 spiro atoms. The van der Waals surface area contributed by atoms with Crippen molar-refractivity contribution in [1.82, 2.24) is 4.90 Å². The van der Waals surface area contributed by atoms with Crippen molar-refractivity contribution in [3.63, 3.8) is 0 Å². The van der Waals surface area contributed by atoms with Gasteiger partial charge in [0.1, 0.15) is 0 Å². The molecule has 1 saturated heterocycles. The molecule has 0 aromatic rings. The maximum absolute atomic E-state index is 5.15. The van der Waals surface area contributed by atoms with Crippen LogP contribution in [0.1, 0.15) is 20.8 Å². The number of ether oxygens (including phenoxy) is 1. The quantitative estimate of drug-likeness (QED) is 0.548. The summed E-state index contributed by atoms with van der Waals surface area (Å²) in [5.41, 5.74) is 0. The van der Waals surface area contributed by atoms with Crippen molar-refractivity contribution in [2.45, 2.75) is 32.9 Å². The van der Waals surface area contributed by atoms with Gasteiger partial charge in [0.05, 0.1) is 12.7 Å². The number of epoxide rings is 1. The minimum absolute atomic E-state index is 0.544. The van der Waals surface area contributed by atoms with Crippen LogP contribution in [-0.2, 0) is 4.74 Å². The van der Waals surface area contributed by atoms with Crippen LogP contribution in [0.2, 0.25) is 0 Å². The van der Waals surface area contributed by atoms with Gasteiger partial charge in [0, 0.05) is 12.6 Å². The molecule has 10 heavy (non-hydrogen) atoms. The second-order valence-electron chi connectivity index (χ2n) is 3.14. The van der Waals surface area contributed by atoms with Crippen molar-refractivity contribution in [3.05, 3.63) is 0 Å². The summed E-state index contributed by atoms with van der Waals surface area (Å²) >= 11 is 0. The van der Waals surface area contributed by atoms with Crippen LogP contribution in [0.5, 0.6) is 0 Å². The molecule has 0 amide bonds. The van der Waals surface area contributed by atoms with Gasteiger partial charge in [0.25, 0.3) is 0 Å². The molecule has 0 bridgehead atoms. The van der Waals surface area contributed by atoms with Gasteiger partial charge in [-0.2, -0.15) is 0 Å².